The number of ether oxygens (including phenoxy) is 3. The molecule has 0 aliphatic carbocycles. The summed E-state index contributed by atoms with van der Waals surface area (Å²) in [6.07, 6.45) is 1.96. The van der Waals surface area contributed by atoms with E-state index >= 15 is 0 Å². The van der Waals surface area contributed by atoms with Crippen molar-refractivity contribution in [3.8, 4) is 0 Å². The van der Waals surface area contributed by atoms with Crippen molar-refractivity contribution in [3.63, 3.8) is 0 Å². The smallest absolute Gasteiger partial charge is 0.408 e. The number of nitrogens with one attached hydrogen (secondary N) is 1. The first-order valence-corrected chi connectivity index (χ1v) is 11.7. The van der Waals surface area contributed by atoms with E-state index in [2.05, 4.69) is 16.9 Å². The van der Waals surface area contributed by atoms with Crippen molar-refractivity contribution in [1.29, 1.82) is 0 Å². The first kappa shape index (κ1) is 25.3. The first-order chi connectivity index (χ1) is 15.6. The maximum absolute atomic E-state index is 12.4. The summed E-state index contributed by atoms with van der Waals surface area (Å²) in [6.45, 7) is 14.0. The second-order valence-electron chi connectivity index (χ2n) is 9.17. The fourth-order valence-corrected chi connectivity index (χ4v) is 3.96. The van der Waals surface area contributed by atoms with E-state index in [1.165, 1.54) is 0 Å². The summed E-state index contributed by atoms with van der Waals surface area (Å²) < 4.78 is 18.8. The molecule has 3 rings (SSSR count). The van der Waals surface area contributed by atoms with Gasteiger partial charge < -0.3 is 30.2 Å². The van der Waals surface area contributed by atoms with Gasteiger partial charge in [0.2, 0.25) is 0 Å². The van der Waals surface area contributed by atoms with Crippen LogP contribution in [0.15, 0.2) is 16.7 Å². The minimum Gasteiger partial charge on any atom is -0.444 e. The van der Waals surface area contributed by atoms with E-state index in [1.54, 1.807) is 0 Å². The molecule has 33 heavy (non-hydrogen) atoms. The number of rotatable bonds is 5. The number of nitrogen functional groups attached to an aromatic ring is 1. The number of halogens is 1. The normalized spacial score (nSPS) is 20.9. The van der Waals surface area contributed by atoms with Crippen LogP contribution in [0.2, 0.25) is 0 Å². The number of alkyl carbamates (subject to hydrolysis) is 1. The van der Waals surface area contributed by atoms with Crippen LogP contribution in [0.5, 0.6) is 0 Å². The Kier molecular flexibility index (Phi) is 8.25. The molecule has 0 spiro atoms. The number of aliphatic imine (C=N–C) groups is 1. The van der Waals surface area contributed by atoms with Crippen molar-refractivity contribution >= 4 is 29.3 Å². The number of aromatic nitrogens is 2. The number of amides is 1. The molecular formula is C22H35ClN6O4. The largest absolute Gasteiger partial charge is 0.444 e. The van der Waals surface area contributed by atoms with Crippen LogP contribution in [0.1, 0.15) is 70.7 Å². The van der Waals surface area contributed by atoms with Crippen LogP contribution in [-0.4, -0.2) is 64.9 Å². The molecule has 0 aromatic carbocycles. The number of anilines is 1. The van der Waals surface area contributed by atoms with Gasteiger partial charge in [-0.15, -0.1) is 0 Å². The second-order valence-corrected chi connectivity index (χ2v) is 9.61. The van der Waals surface area contributed by atoms with Gasteiger partial charge in [-0.2, -0.15) is 0 Å². The Hall–Kier alpha value is -2.30. The molecule has 0 bridgehead atoms. The number of nitrogens with two attached hydrogens (primary N) is 1. The molecule has 10 nitrogen and oxygen atoms in total. The zero-order valence-corrected chi connectivity index (χ0v) is 20.7. The number of amidine groups is 1. The molecule has 2 fully saturated rings. The highest BCUT2D eigenvalue weighted by Crippen LogP contribution is 2.32. The second kappa shape index (κ2) is 10.8. The Balaban J connectivity index is 2.01. The van der Waals surface area contributed by atoms with Crippen molar-refractivity contribution < 1.29 is 19.0 Å². The molecule has 0 radical (unpaired) electrons. The average molecular weight is 483 g/mol. The number of nitrogens with zero attached hydrogens (tertiary/aromatic N) is 4. The minimum absolute atomic E-state index is 0.126. The van der Waals surface area contributed by atoms with Crippen molar-refractivity contribution in [2.24, 2.45) is 4.99 Å². The lowest BCUT2D eigenvalue weighted by atomic mass is 10.2. The van der Waals surface area contributed by atoms with Crippen molar-refractivity contribution in [2.45, 2.75) is 64.8 Å². The monoisotopic (exact) mass is 482 g/mol. The van der Waals surface area contributed by atoms with E-state index in [0.717, 1.165) is 19.3 Å². The summed E-state index contributed by atoms with van der Waals surface area (Å²) in [5.41, 5.74) is 6.51. The molecule has 2 atom stereocenters. The highest BCUT2D eigenvalue weighted by molar-refractivity contribution is 6.30. The van der Waals surface area contributed by atoms with E-state index in [1.807, 2.05) is 37.2 Å². The third kappa shape index (κ3) is 6.61. The SMILES string of the molecule is C=C(Cl)N=C(c1nc(C(C)NC(=O)OC(C)(C)C)n(C2CCCCO2)c1N)N1CCOCC1. The van der Waals surface area contributed by atoms with E-state index in [-0.39, 0.29) is 11.4 Å². The third-order valence-corrected chi connectivity index (χ3v) is 5.37. The zero-order valence-electron chi connectivity index (χ0n) is 19.9. The molecule has 3 N–H and O–H groups in total. The maximum Gasteiger partial charge on any atom is 0.408 e. The van der Waals surface area contributed by atoms with Gasteiger partial charge in [0, 0.05) is 19.7 Å². The third-order valence-electron chi connectivity index (χ3n) is 5.29. The van der Waals surface area contributed by atoms with Crippen LogP contribution in [0.25, 0.3) is 0 Å². The van der Waals surface area contributed by atoms with Gasteiger partial charge in [-0.25, -0.2) is 14.8 Å². The molecule has 2 saturated heterocycles. The van der Waals surface area contributed by atoms with Crippen LogP contribution in [0.4, 0.5) is 10.6 Å². The number of carbonyl (C=O) groups excluding carboxylic acids is 1. The van der Waals surface area contributed by atoms with Crippen LogP contribution < -0.4 is 11.1 Å². The molecule has 1 amide bonds. The fraction of sp³-hybridized carbons (Fsp3) is 0.682. The van der Waals surface area contributed by atoms with Crippen molar-refractivity contribution in [2.75, 3.05) is 38.6 Å². The Morgan fingerprint density at radius 2 is 2.03 bits per heavy atom. The standard InChI is InChI=1S/C22H35ClN6O4/c1-14(25-21(30)33-22(3,4)5)19-27-17(18(24)29(19)16-8-6-7-11-32-16)20(26-15(2)23)28-9-12-31-13-10-28/h14,16H,2,6-13,24H2,1,3-5H3,(H,25,30). The molecular weight excluding hydrogens is 448 g/mol. The Morgan fingerprint density at radius 1 is 1.33 bits per heavy atom. The molecule has 2 aliphatic heterocycles. The number of morpholine rings is 1. The van der Waals surface area contributed by atoms with Crippen LogP contribution in [-0.2, 0) is 14.2 Å². The summed E-state index contributed by atoms with van der Waals surface area (Å²) in [5.74, 6) is 1.48. The van der Waals surface area contributed by atoms with E-state index in [0.29, 0.717) is 56.1 Å². The average Bonchev–Trinajstić information content (AvgIpc) is 3.08. The molecule has 184 valence electrons. The van der Waals surface area contributed by atoms with E-state index < -0.39 is 17.7 Å². The van der Waals surface area contributed by atoms with Crippen LogP contribution in [0.3, 0.4) is 0 Å². The van der Waals surface area contributed by atoms with Crippen LogP contribution >= 0.6 is 11.6 Å². The van der Waals surface area contributed by atoms with Gasteiger partial charge >= 0.3 is 6.09 Å². The van der Waals surface area contributed by atoms with Gasteiger partial charge in [0.05, 0.1) is 19.3 Å². The van der Waals surface area contributed by atoms with Gasteiger partial charge in [-0.05, 0) is 47.0 Å². The summed E-state index contributed by atoms with van der Waals surface area (Å²) >= 11 is 6.07. The quantitative estimate of drug-likeness (QED) is 0.374. The topological polar surface area (TPSA) is 116 Å². The summed E-state index contributed by atoms with van der Waals surface area (Å²) in [7, 11) is 0. The number of carbonyl (C=O) groups is 1. The number of imidazole rings is 1. The number of hydrogen-bond donors (Lipinski definition) is 2. The van der Waals surface area contributed by atoms with Gasteiger partial charge in [-0.1, -0.05) is 18.2 Å². The van der Waals surface area contributed by atoms with Gasteiger partial charge in [0.25, 0.3) is 0 Å². The van der Waals surface area contributed by atoms with E-state index in [9.17, 15) is 4.79 Å². The van der Waals surface area contributed by atoms with Gasteiger partial charge in [0.15, 0.2) is 5.84 Å². The predicted molar refractivity (Wildman–Crippen MR) is 127 cm³/mol. The minimum atomic E-state index is -0.618. The highest BCUT2D eigenvalue weighted by Gasteiger charge is 2.32. The van der Waals surface area contributed by atoms with Crippen molar-refractivity contribution in [1.82, 2.24) is 19.8 Å². The zero-order chi connectivity index (χ0) is 24.2. The van der Waals surface area contributed by atoms with Crippen LogP contribution in [0, 0.1) is 0 Å². The predicted octanol–water partition coefficient (Wildman–Crippen LogP) is 3.54. The Morgan fingerprint density at radius 3 is 2.61 bits per heavy atom. The lowest BCUT2D eigenvalue weighted by Gasteiger charge is -2.29. The maximum atomic E-state index is 12.4. The summed E-state index contributed by atoms with van der Waals surface area (Å²) in [5, 5.41) is 2.99. The molecule has 1 aromatic heterocycles. The van der Waals surface area contributed by atoms with E-state index in [4.69, 9.17) is 36.5 Å². The van der Waals surface area contributed by atoms with Gasteiger partial charge in [0.1, 0.15) is 34.3 Å². The Bertz CT molecular complexity index is 882. The lowest BCUT2D eigenvalue weighted by molar-refractivity contribution is -0.0330. The summed E-state index contributed by atoms with van der Waals surface area (Å²) in [4.78, 5) is 23.8. The molecule has 3 heterocycles. The first-order valence-electron chi connectivity index (χ1n) is 11.3. The summed E-state index contributed by atoms with van der Waals surface area (Å²) in [6, 6.07) is -0.494. The molecule has 0 saturated carbocycles. The molecule has 1 aromatic rings. The molecule has 2 aliphatic rings. The molecule has 2 unspecified atom stereocenters. The highest BCUT2D eigenvalue weighted by atomic mass is 35.5. The molecule has 11 heteroatoms. The fourth-order valence-electron chi connectivity index (χ4n) is 3.88. The Labute approximate surface area is 200 Å². The number of hydrogen-bond acceptors (Lipinski definition) is 7. The van der Waals surface area contributed by atoms with Gasteiger partial charge in [-0.3, -0.25) is 4.57 Å². The lowest BCUT2D eigenvalue weighted by Crippen LogP contribution is -2.41. The van der Waals surface area contributed by atoms with Crippen molar-refractivity contribution in [3.05, 3.63) is 23.3 Å².